The normalized spacial score (nSPS) is 14.4. The summed E-state index contributed by atoms with van der Waals surface area (Å²) >= 11 is 1.30. The summed E-state index contributed by atoms with van der Waals surface area (Å²) in [5.41, 5.74) is 2.73. The lowest BCUT2D eigenvalue weighted by Gasteiger charge is -2.35. The molecule has 3 rings (SSSR count). The van der Waals surface area contributed by atoms with Gasteiger partial charge in [0.25, 0.3) is 0 Å². The molecule has 6 nitrogen and oxygen atoms in total. The Balaban J connectivity index is 1.37. The van der Waals surface area contributed by atoms with Gasteiger partial charge in [-0.3, -0.25) is 9.59 Å². The van der Waals surface area contributed by atoms with Gasteiger partial charge in [0, 0.05) is 43.2 Å². The predicted molar refractivity (Wildman–Crippen MR) is 122 cm³/mol. The van der Waals surface area contributed by atoms with E-state index in [9.17, 15) is 9.59 Å². The molecule has 154 valence electrons. The summed E-state index contributed by atoms with van der Waals surface area (Å²) in [7, 11) is 0. The number of nitrogens with zero attached hydrogens (tertiary/aromatic N) is 2. The summed E-state index contributed by atoms with van der Waals surface area (Å²) < 4.78 is 0. The van der Waals surface area contributed by atoms with Crippen molar-refractivity contribution in [3.05, 3.63) is 54.6 Å². The largest absolute Gasteiger partial charge is 0.369 e. The molecule has 2 aromatic carbocycles. The fourth-order valence-electron chi connectivity index (χ4n) is 3.23. The smallest absolute Gasteiger partial charge is 0.234 e. The topological polar surface area (TPSA) is 64.7 Å². The second kappa shape index (κ2) is 10.9. The molecule has 0 radical (unpaired) electrons. The van der Waals surface area contributed by atoms with Crippen LogP contribution in [0.2, 0.25) is 0 Å². The Bertz CT molecular complexity index is 790. The van der Waals surface area contributed by atoms with Crippen molar-refractivity contribution in [1.29, 1.82) is 0 Å². The van der Waals surface area contributed by atoms with Gasteiger partial charge < -0.3 is 20.4 Å². The highest BCUT2D eigenvalue weighted by atomic mass is 32.2. The average molecular weight is 413 g/mol. The molecule has 0 aromatic heterocycles. The average Bonchev–Trinajstić information content (AvgIpc) is 2.75. The summed E-state index contributed by atoms with van der Waals surface area (Å²) in [4.78, 5) is 28.9. The summed E-state index contributed by atoms with van der Waals surface area (Å²) in [5.74, 6) is 0.266. The monoisotopic (exact) mass is 412 g/mol. The molecule has 0 saturated carbocycles. The van der Waals surface area contributed by atoms with E-state index >= 15 is 0 Å². The number of likely N-dealkylation sites (N-methyl/N-ethyl adjacent to an activating group) is 1. The molecule has 0 atom stereocenters. The Morgan fingerprint density at radius 2 is 1.38 bits per heavy atom. The number of hydrogen-bond donors (Lipinski definition) is 2. The van der Waals surface area contributed by atoms with Crippen LogP contribution < -0.4 is 15.5 Å². The molecule has 1 aliphatic rings. The van der Waals surface area contributed by atoms with E-state index in [0.29, 0.717) is 0 Å². The molecule has 0 aliphatic carbocycles. The molecule has 2 amide bonds. The quantitative estimate of drug-likeness (QED) is 0.697. The number of anilines is 3. The van der Waals surface area contributed by atoms with Gasteiger partial charge in [0.15, 0.2) is 0 Å². The molecule has 0 unspecified atom stereocenters. The zero-order chi connectivity index (χ0) is 20.5. The maximum Gasteiger partial charge on any atom is 0.234 e. The van der Waals surface area contributed by atoms with Gasteiger partial charge in [0.2, 0.25) is 11.8 Å². The van der Waals surface area contributed by atoms with E-state index in [1.165, 1.54) is 17.4 Å². The lowest BCUT2D eigenvalue weighted by atomic mass is 10.2. The minimum Gasteiger partial charge on any atom is -0.369 e. The Kier molecular flexibility index (Phi) is 7.95. The number of nitrogens with one attached hydrogen (secondary N) is 2. The highest BCUT2D eigenvalue weighted by Gasteiger charge is 2.15. The van der Waals surface area contributed by atoms with E-state index in [0.717, 1.165) is 44.1 Å². The molecule has 7 heteroatoms. The highest BCUT2D eigenvalue weighted by Crippen LogP contribution is 2.19. The number of thioether (sulfide) groups is 1. The van der Waals surface area contributed by atoms with Crippen molar-refractivity contribution >= 4 is 40.6 Å². The van der Waals surface area contributed by atoms with E-state index < -0.39 is 0 Å². The van der Waals surface area contributed by atoms with Gasteiger partial charge in [-0.25, -0.2) is 0 Å². The third-order valence-electron chi connectivity index (χ3n) is 4.86. The minimum absolute atomic E-state index is 0.105. The first-order valence-electron chi connectivity index (χ1n) is 9.94. The van der Waals surface area contributed by atoms with E-state index in [1.54, 1.807) is 0 Å². The summed E-state index contributed by atoms with van der Waals surface area (Å²) in [6, 6.07) is 17.3. The van der Waals surface area contributed by atoms with Gasteiger partial charge in [-0.15, -0.1) is 11.8 Å². The van der Waals surface area contributed by atoms with Gasteiger partial charge >= 0.3 is 0 Å². The number of amides is 2. The third-order valence-corrected chi connectivity index (χ3v) is 5.79. The van der Waals surface area contributed by atoms with Gasteiger partial charge in [-0.05, 0) is 42.9 Å². The van der Waals surface area contributed by atoms with Crippen LogP contribution in [0.1, 0.15) is 6.92 Å². The van der Waals surface area contributed by atoms with Crippen LogP contribution >= 0.6 is 11.8 Å². The third kappa shape index (κ3) is 6.80. The van der Waals surface area contributed by atoms with E-state index in [2.05, 4.69) is 39.5 Å². The van der Waals surface area contributed by atoms with Gasteiger partial charge in [0.05, 0.1) is 11.5 Å². The zero-order valence-electron chi connectivity index (χ0n) is 16.8. The Labute approximate surface area is 176 Å². The fourth-order valence-corrected chi connectivity index (χ4v) is 3.85. The Morgan fingerprint density at radius 1 is 0.828 bits per heavy atom. The first-order valence-corrected chi connectivity index (χ1v) is 11.1. The van der Waals surface area contributed by atoms with Crippen LogP contribution in [0.5, 0.6) is 0 Å². The van der Waals surface area contributed by atoms with Crippen LogP contribution in [0.15, 0.2) is 54.6 Å². The van der Waals surface area contributed by atoms with E-state index in [1.807, 2.05) is 42.5 Å². The molecular weight excluding hydrogens is 384 g/mol. The maximum absolute atomic E-state index is 12.1. The number of carbonyl (C=O) groups is 2. The van der Waals surface area contributed by atoms with E-state index in [-0.39, 0.29) is 23.3 Å². The van der Waals surface area contributed by atoms with Crippen molar-refractivity contribution in [2.75, 3.05) is 59.8 Å². The lowest BCUT2D eigenvalue weighted by Crippen LogP contribution is -2.46. The molecule has 1 fully saturated rings. The van der Waals surface area contributed by atoms with Crippen molar-refractivity contribution in [1.82, 2.24) is 4.90 Å². The van der Waals surface area contributed by atoms with Gasteiger partial charge in [-0.1, -0.05) is 25.1 Å². The molecule has 2 aromatic rings. The van der Waals surface area contributed by atoms with Crippen molar-refractivity contribution in [3.8, 4) is 0 Å². The molecular formula is C22H28N4O2S. The van der Waals surface area contributed by atoms with Crippen molar-refractivity contribution in [3.63, 3.8) is 0 Å². The summed E-state index contributed by atoms with van der Waals surface area (Å²) in [6.45, 7) is 7.53. The van der Waals surface area contributed by atoms with Crippen LogP contribution in [0.3, 0.4) is 0 Å². The first-order chi connectivity index (χ1) is 14.1. The summed E-state index contributed by atoms with van der Waals surface area (Å²) in [6.07, 6.45) is 0. The molecule has 1 aliphatic heterocycles. The minimum atomic E-state index is -0.110. The highest BCUT2D eigenvalue weighted by molar-refractivity contribution is 8.00. The Morgan fingerprint density at radius 3 is 1.93 bits per heavy atom. The fraction of sp³-hybridized carbons (Fsp3) is 0.364. The number of para-hydroxylation sites is 1. The molecule has 0 spiro atoms. The molecule has 1 heterocycles. The van der Waals surface area contributed by atoms with Crippen molar-refractivity contribution < 1.29 is 9.59 Å². The second-order valence-electron chi connectivity index (χ2n) is 6.92. The zero-order valence-corrected chi connectivity index (χ0v) is 17.6. The van der Waals surface area contributed by atoms with Gasteiger partial charge in [0.1, 0.15) is 0 Å². The van der Waals surface area contributed by atoms with Gasteiger partial charge in [-0.2, -0.15) is 0 Å². The lowest BCUT2D eigenvalue weighted by molar-refractivity contribution is -0.114. The molecule has 29 heavy (non-hydrogen) atoms. The summed E-state index contributed by atoms with van der Waals surface area (Å²) in [5, 5.41) is 5.70. The number of benzene rings is 2. The molecule has 1 saturated heterocycles. The SMILES string of the molecule is CCN1CCN(c2ccc(NC(=O)CSCC(=O)Nc3ccccc3)cc2)CC1. The van der Waals surface area contributed by atoms with E-state index in [4.69, 9.17) is 0 Å². The number of rotatable bonds is 8. The number of carbonyl (C=O) groups excluding carboxylic acids is 2. The van der Waals surface area contributed by atoms with Crippen LogP contribution in [0.4, 0.5) is 17.1 Å². The van der Waals surface area contributed by atoms with Crippen LogP contribution in [0.25, 0.3) is 0 Å². The van der Waals surface area contributed by atoms with Crippen LogP contribution in [-0.2, 0) is 9.59 Å². The Hall–Kier alpha value is -2.51. The van der Waals surface area contributed by atoms with Crippen molar-refractivity contribution in [2.45, 2.75) is 6.92 Å². The number of piperazine rings is 1. The molecule has 2 N–H and O–H groups in total. The van der Waals surface area contributed by atoms with Crippen LogP contribution in [0, 0.1) is 0 Å². The first kappa shape index (κ1) is 21.2. The number of hydrogen-bond acceptors (Lipinski definition) is 5. The molecule has 0 bridgehead atoms. The maximum atomic E-state index is 12.1. The van der Waals surface area contributed by atoms with Crippen LogP contribution in [-0.4, -0.2) is 60.9 Å². The second-order valence-corrected chi connectivity index (χ2v) is 7.91. The van der Waals surface area contributed by atoms with Crippen molar-refractivity contribution in [2.24, 2.45) is 0 Å². The predicted octanol–water partition coefficient (Wildman–Crippen LogP) is 3.14. The standard InChI is InChI=1S/C22H28N4O2S/c1-2-25-12-14-26(15-13-25)20-10-8-19(9-11-20)24-22(28)17-29-16-21(27)23-18-6-4-3-5-7-18/h3-11H,2,12-17H2,1H3,(H,23,27)(H,24,28).